The summed E-state index contributed by atoms with van der Waals surface area (Å²) in [5, 5.41) is 9.19. The summed E-state index contributed by atoms with van der Waals surface area (Å²) in [7, 11) is 0. The monoisotopic (exact) mass is 577 g/mol. The van der Waals surface area contributed by atoms with Crippen molar-refractivity contribution >= 4 is 29.3 Å². The van der Waals surface area contributed by atoms with Crippen molar-refractivity contribution in [2.24, 2.45) is 0 Å². The largest absolute Gasteiger partial charge is 0.444 e. The van der Waals surface area contributed by atoms with E-state index < -0.39 is 11.7 Å². The maximum atomic E-state index is 13.2. The van der Waals surface area contributed by atoms with Crippen LogP contribution in [0.3, 0.4) is 0 Å². The van der Waals surface area contributed by atoms with Crippen molar-refractivity contribution in [3.8, 4) is 0 Å². The van der Waals surface area contributed by atoms with E-state index in [0.29, 0.717) is 54.0 Å². The van der Waals surface area contributed by atoms with Gasteiger partial charge >= 0.3 is 6.09 Å². The summed E-state index contributed by atoms with van der Waals surface area (Å²) in [5.41, 5.74) is 1.93. The van der Waals surface area contributed by atoms with E-state index >= 15 is 0 Å². The van der Waals surface area contributed by atoms with Crippen LogP contribution in [0.5, 0.6) is 0 Å². The minimum atomic E-state index is -0.597. The van der Waals surface area contributed by atoms with Crippen LogP contribution in [0.15, 0.2) is 42.5 Å². The number of nitrogens with one attached hydrogen (secondary N) is 3. The van der Waals surface area contributed by atoms with E-state index in [1.165, 1.54) is 0 Å². The topological polar surface area (TPSA) is 120 Å². The van der Waals surface area contributed by atoms with Crippen LogP contribution in [-0.4, -0.2) is 97.4 Å². The van der Waals surface area contributed by atoms with Gasteiger partial charge in [-0.1, -0.05) is 43.3 Å². The molecule has 226 valence electrons. The number of carbonyl (C=O) groups is 4. The molecule has 2 aliphatic rings. The number of ketones is 2. The molecule has 2 aromatic carbocycles. The first kappa shape index (κ1) is 31.2. The summed E-state index contributed by atoms with van der Waals surface area (Å²) < 4.78 is 5.42. The van der Waals surface area contributed by atoms with Crippen molar-refractivity contribution in [1.29, 1.82) is 0 Å². The van der Waals surface area contributed by atoms with E-state index in [1.807, 2.05) is 32.9 Å². The molecule has 0 unspecified atom stereocenters. The molecule has 0 radical (unpaired) electrons. The second-order valence-corrected chi connectivity index (χ2v) is 11.9. The van der Waals surface area contributed by atoms with E-state index in [9.17, 15) is 19.2 Å². The van der Waals surface area contributed by atoms with Crippen LogP contribution in [-0.2, 0) is 9.53 Å². The van der Waals surface area contributed by atoms with Crippen LogP contribution >= 0.6 is 0 Å². The quantitative estimate of drug-likeness (QED) is 0.297. The van der Waals surface area contributed by atoms with Gasteiger partial charge in [-0.05, 0) is 39.8 Å². The number of alkyl carbamates (subject to hydrolysis) is 1. The fourth-order valence-electron chi connectivity index (χ4n) is 5.32. The molecule has 1 atom stereocenters. The van der Waals surface area contributed by atoms with Gasteiger partial charge in [0.25, 0.3) is 0 Å². The Morgan fingerprint density at radius 2 is 1.55 bits per heavy atom. The lowest BCUT2D eigenvalue weighted by Crippen LogP contribution is -2.54. The smallest absolute Gasteiger partial charge is 0.407 e. The maximum absolute atomic E-state index is 13.2. The zero-order valence-electron chi connectivity index (χ0n) is 25.1. The molecule has 1 aliphatic heterocycles. The van der Waals surface area contributed by atoms with Crippen molar-refractivity contribution in [2.45, 2.75) is 52.2 Å². The molecule has 1 saturated heterocycles. The Balaban J connectivity index is 1.24. The number of fused-ring (bicyclic) bond motifs is 2. The Kier molecular flexibility index (Phi) is 10.3. The fraction of sp³-hybridized carbons (Fsp3) is 0.500. The van der Waals surface area contributed by atoms with Crippen LogP contribution in [0.25, 0.3) is 0 Å². The number of amides is 2. The third-order valence-corrected chi connectivity index (χ3v) is 7.45. The molecule has 10 heteroatoms. The summed E-state index contributed by atoms with van der Waals surface area (Å²) in [6.07, 6.45) is 0.787. The molecule has 3 N–H and O–H groups in total. The van der Waals surface area contributed by atoms with Gasteiger partial charge in [-0.2, -0.15) is 0 Å². The first-order valence-corrected chi connectivity index (χ1v) is 14.8. The summed E-state index contributed by atoms with van der Waals surface area (Å²) in [4.78, 5) is 55.1. The number of hydrogen-bond acceptors (Lipinski definition) is 8. The van der Waals surface area contributed by atoms with Crippen molar-refractivity contribution in [3.63, 3.8) is 0 Å². The van der Waals surface area contributed by atoms with Gasteiger partial charge in [-0.3, -0.25) is 19.3 Å². The Hall–Kier alpha value is -3.76. The van der Waals surface area contributed by atoms with Gasteiger partial charge in [-0.25, -0.2) is 4.79 Å². The van der Waals surface area contributed by atoms with Crippen molar-refractivity contribution in [2.75, 3.05) is 57.7 Å². The molecular formula is C32H43N5O5. The van der Waals surface area contributed by atoms with E-state index in [1.54, 1.807) is 37.3 Å². The third-order valence-electron chi connectivity index (χ3n) is 7.45. The zero-order chi connectivity index (χ0) is 30.3. The van der Waals surface area contributed by atoms with Gasteiger partial charge in [0, 0.05) is 74.6 Å². The molecule has 1 heterocycles. The van der Waals surface area contributed by atoms with Crippen LogP contribution in [0.4, 0.5) is 10.5 Å². The number of anilines is 1. The van der Waals surface area contributed by atoms with Crippen molar-refractivity contribution in [3.05, 3.63) is 64.7 Å². The normalized spacial score (nSPS) is 16.3. The summed E-state index contributed by atoms with van der Waals surface area (Å²) in [5.74, 6) is -0.285. The number of hydrogen-bond donors (Lipinski definition) is 3. The average Bonchev–Trinajstić information content (AvgIpc) is 2.96. The first-order chi connectivity index (χ1) is 20.1. The zero-order valence-corrected chi connectivity index (χ0v) is 25.1. The molecule has 0 saturated carbocycles. The van der Waals surface area contributed by atoms with Crippen molar-refractivity contribution in [1.82, 2.24) is 20.4 Å². The van der Waals surface area contributed by atoms with Gasteiger partial charge in [0.05, 0.1) is 11.6 Å². The fourth-order valence-corrected chi connectivity index (χ4v) is 5.32. The Morgan fingerprint density at radius 3 is 2.21 bits per heavy atom. The van der Waals surface area contributed by atoms with E-state index in [-0.39, 0.29) is 23.5 Å². The Bertz CT molecular complexity index is 1300. The molecule has 1 aliphatic carbocycles. The van der Waals surface area contributed by atoms with E-state index in [4.69, 9.17) is 4.74 Å². The van der Waals surface area contributed by atoms with Gasteiger partial charge in [0.15, 0.2) is 11.6 Å². The number of carbonyl (C=O) groups excluding carboxylic acids is 4. The van der Waals surface area contributed by atoms with E-state index in [2.05, 4.69) is 25.8 Å². The molecule has 1 fully saturated rings. The van der Waals surface area contributed by atoms with Crippen LogP contribution in [0, 0.1) is 0 Å². The Morgan fingerprint density at radius 1 is 0.905 bits per heavy atom. The number of piperazine rings is 1. The molecule has 2 amide bonds. The lowest BCUT2D eigenvalue weighted by molar-refractivity contribution is -0.120. The highest BCUT2D eigenvalue weighted by atomic mass is 16.6. The highest BCUT2D eigenvalue weighted by Crippen LogP contribution is 2.31. The average molecular weight is 578 g/mol. The predicted octanol–water partition coefficient (Wildman–Crippen LogP) is 3.30. The van der Waals surface area contributed by atoms with E-state index in [0.717, 1.165) is 39.1 Å². The van der Waals surface area contributed by atoms with Crippen LogP contribution < -0.4 is 16.0 Å². The molecule has 0 spiro atoms. The van der Waals surface area contributed by atoms with Gasteiger partial charge in [0.2, 0.25) is 5.91 Å². The first-order valence-electron chi connectivity index (χ1n) is 14.8. The van der Waals surface area contributed by atoms with Gasteiger partial charge < -0.3 is 25.6 Å². The van der Waals surface area contributed by atoms with Gasteiger partial charge in [0.1, 0.15) is 5.60 Å². The molecule has 4 rings (SSSR count). The predicted molar refractivity (Wildman–Crippen MR) is 162 cm³/mol. The summed E-state index contributed by atoms with van der Waals surface area (Å²) in [6.45, 7) is 13.3. The highest BCUT2D eigenvalue weighted by molar-refractivity contribution is 6.30. The maximum Gasteiger partial charge on any atom is 0.407 e. The molecule has 0 aromatic heterocycles. The summed E-state index contributed by atoms with van der Waals surface area (Å²) in [6, 6.07) is 12.1. The minimum absolute atomic E-state index is 0.0544. The molecule has 2 aromatic rings. The lowest BCUT2D eigenvalue weighted by atomic mass is 9.83. The van der Waals surface area contributed by atoms with Crippen LogP contribution in [0.2, 0.25) is 0 Å². The molecular weight excluding hydrogens is 534 g/mol. The Labute approximate surface area is 248 Å². The van der Waals surface area contributed by atoms with Crippen molar-refractivity contribution < 1.29 is 23.9 Å². The second kappa shape index (κ2) is 13.9. The van der Waals surface area contributed by atoms with Crippen LogP contribution in [0.1, 0.15) is 72.4 Å². The SMILES string of the molecule is CCC(=O)NC[C@@H](CN1CCN(CCCNc2cccc3c2C(=O)c2ccccc2C3=O)CC1)NC(=O)OC(C)(C)C. The molecule has 10 nitrogen and oxygen atoms in total. The number of ether oxygens (including phenoxy) is 1. The van der Waals surface area contributed by atoms with Gasteiger partial charge in [-0.15, -0.1) is 0 Å². The second-order valence-electron chi connectivity index (χ2n) is 11.9. The molecule has 42 heavy (non-hydrogen) atoms. The molecule has 0 bridgehead atoms. The number of nitrogens with zero attached hydrogens (tertiary/aromatic N) is 2. The number of rotatable bonds is 11. The third kappa shape index (κ3) is 8.17. The standard InChI is InChI=1S/C32H43N5O5/c1-5-27(38)34-20-22(35-31(41)42-32(2,3)4)21-37-18-16-36(17-19-37)15-9-14-33-26-13-8-12-25-28(26)30(40)24-11-7-6-10-23(24)29(25)39/h6-8,10-13,22,33H,5,9,14-21H2,1-4H3,(H,34,38)(H,35,41)/t22-/m0/s1. The summed E-state index contributed by atoms with van der Waals surface area (Å²) >= 11 is 0. The highest BCUT2D eigenvalue weighted by Gasteiger charge is 2.31. The lowest BCUT2D eigenvalue weighted by Gasteiger charge is -2.36. The minimum Gasteiger partial charge on any atom is -0.444 e. The number of benzene rings is 2.